The van der Waals surface area contributed by atoms with Gasteiger partial charge in [-0.15, -0.1) is 0 Å². The van der Waals surface area contributed by atoms with Crippen LogP contribution in [0.3, 0.4) is 0 Å². The Morgan fingerprint density at radius 3 is 2.46 bits per heavy atom. The SMILES string of the molecule is Cc1cccc(C(=O)N[C@@H](C)C(=O)OCC(=O)Nc2ccc(F)c(F)c2F)c1. The van der Waals surface area contributed by atoms with E-state index in [9.17, 15) is 27.6 Å². The lowest BCUT2D eigenvalue weighted by Gasteiger charge is -2.14. The van der Waals surface area contributed by atoms with E-state index in [-0.39, 0.29) is 0 Å². The number of benzene rings is 2. The van der Waals surface area contributed by atoms with E-state index in [0.717, 1.165) is 11.6 Å². The van der Waals surface area contributed by atoms with Crippen LogP contribution in [-0.4, -0.2) is 30.4 Å². The molecule has 28 heavy (non-hydrogen) atoms. The third-order valence-corrected chi connectivity index (χ3v) is 3.64. The lowest BCUT2D eigenvalue weighted by Crippen LogP contribution is -2.40. The normalized spacial score (nSPS) is 11.5. The topological polar surface area (TPSA) is 84.5 Å². The molecule has 2 rings (SSSR count). The van der Waals surface area contributed by atoms with Crippen LogP contribution in [0.2, 0.25) is 0 Å². The fraction of sp³-hybridized carbons (Fsp3) is 0.211. The molecule has 0 heterocycles. The van der Waals surface area contributed by atoms with Crippen LogP contribution in [0, 0.1) is 24.4 Å². The highest BCUT2D eigenvalue weighted by atomic mass is 19.2. The van der Waals surface area contributed by atoms with E-state index in [1.807, 2.05) is 18.3 Å². The minimum Gasteiger partial charge on any atom is -0.454 e. The summed E-state index contributed by atoms with van der Waals surface area (Å²) in [4.78, 5) is 35.7. The van der Waals surface area contributed by atoms with E-state index in [4.69, 9.17) is 4.74 Å². The maximum Gasteiger partial charge on any atom is 0.328 e. The molecule has 2 aromatic carbocycles. The summed E-state index contributed by atoms with van der Waals surface area (Å²) in [6.07, 6.45) is 0. The molecular formula is C19H17F3N2O4. The highest BCUT2D eigenvalue weighted by molar-refractivity contribution is 5.97. The lowest BCUT2D eigenvalue weighted by molar-refractivity contribution is -0.148. The van der Waals surface area contributed by atoms with Gasteiger partial charge >= 0.3 is 5.97 Å². The number of hydrogen-bond donors (Lipinski definition) is 2. The predicted octanol–water partition coefficient (Wildman–Crippen LogP) is 2.71. The summed E-state index contributed by atoms with van der Waals surface area (Å²) in [7, 11) is 0. The second-order valence-electron chi connectivity index (χ2n) is 5.94. The van der Waals surface area contributed by atoms with Crippen LogP contribution in [0.1, 0.15) is 22.8 Å². The monoisotopic (exact) mass is 394 g/mol. The van der Waals surface area contributed by atoms with E-state index in [1.165, 1.54) is 6.92 Å². The molecule has 148 valence electrons. The van der Waals surface area contributed by atoms with Crippen molar-refractivity contribution in [1.82, 2.24) is 5.32 Å². The fourth-order valence-electron chi connectivity index (χ4n) is 2.20. The molecule has 0 unspecified atom stereocenters. The van der Waals surface area contributed by atoms with Crippen molar-refractivity contribution >= 4 is 23.5 Å². The molecule has 1 atom stereocenters. The van der Waals surface area contributed by atoms with Gasteiger partial charge in [-0.05, 0) is 38.1 Å². The molecule has 2 amide bonds. The number of carbonyl (C=O) groups is 3. The smallest absolute Gasteiger partial charge is 0.328 e. The van der Waals surface area contributed by atoms with Crippen LogP contribution < -0.4 is 10.6 Å². The molecule has 2 aromatic rings. The van der Waals surface area contributed by atoms with Crippen LogP contribution in [0.15, 0.2) is 36.4 Å². The molecule has 0 fully saturated rings. The molecule has 9 heteroatoms. The van der Waals surface area contributed by atoms with E-state index in [0.29, 0.717) is 11.6 Å². The second-order valence-corrected chi connectivity index (χ2v) is 5.94. The maximum absolute atomic E-state index is 13.5. The number of halogens is 3. The van der Waals surface area contributed by atoms with Gasteiger partial charge in [0.25, 0.3) is 11.8 Å². The minimum absolute atomic E-state index is 0.353. The number of ether oxygens (including phenoxy) is 1. The third-order valence-electron chi connectivity index (χ3n) is 3.64. The van der Waals surface area contributed by atoms with Crippen LogP contribution in [-0.2, 0) is 14.3 Å². The predicted molar refractivity (Wildman–Crippen MR) is 94.0 cm³/mol. The van der Waals surface area contributed by atoms with Crippen molar-refractivity contribution in [1.29, 1.82) is 0 Å². The highest BCUT2D eigenvalue weighted by Crippen LogP contribution is 2.19. The van der Waals surface area contributed by atoms with Crippen molar-refractivity contribution in [3.63, 3.8) is 0 Å². The number of esters is 1. The van der Waals surface area contributed by atoms with Crippen molar-refractivity contribution in [2.45, 2.75) is 19.9 Å². The Kier molecular flexibility index (Phi) is 6.75. The third kappa shape index (κ3) is 5.32. The van der Waals surface area contributed by atoms with Gasteiger partial charge in [0.05, 0.1) is 5.69 Å². The number of carbonyl (C=O) groups excluding carboxylic acids is 3. The molecule has 0 bridgehead atoms. The summed E-state index contributed by atoms with van der Waals surface area (Å²) >= 11 is 0. The molecule has 2 N–H and O–H groups in total. The lowest BCUT2D eigenvalue weighted by atomic mass is 10.1. The van der Waals surface area contributed by atoms with Gasteiger partial charge in [-0.1, -0.05) is 17.7 Å². The molecule has 6 nitrogen and oxygen atoms in total. The van der Waals surface area contributed by atoms with Gasteiger partial charge in [0, 0.05) is 5.56 Å². The molecule has 0 radical (unpaired) electrons. The van der Waals surface area contributed by atoms with Crippen molar-refractivity contribution < 1.29 is 32.3 Å². The quantitative estimate of drug-likeness (QED) is 0.583. The van der Waals surface area contributed by atoms with E-state index in [1.54, 1.807) is 18.2 Å². The molecule has 0 saturated heterocycles. The maximum atomic E-state index is 13.5. The number of anilines is 1. The Labute approximate surface area is 158 Å². The fourth-order valence-corrected chi connectivity index (χ4v) is 2.20. The van der Waals surface area contributed by atoms with Crippen molar-refractivity contribution in [2.24, 2.45) is 0 Å². The molecule has 0 aliphatic rings. The van der Waals surface area contributed by atoms with Crippen molar-refractivity contribution in [2.75, 3.05) is 11.9 Å². The molecule has 0 spiro atoms. The van der Waals surface area contributed by atoms with Crippen LogP contribution >= 0.6 is 0 Å². The summed E-state index contributed by atoms with van der Waals surface area (Å²) < 4.78 is 44.2. The average molecular weight is 394 g/mol. The van der Waals surface area contributed by atoms with Gasteiger partial charge in [0.2, 0.25) is 0 Å². The number of amides is 2. The Morgan fingerprint density at radius 2 is 1.79 bits per heavy atom. The van der Waals surface area contributed by atoms with Gasteiger partial charge in [0.15, 0.2) is 24.1 Å². The van der Waals surface area contributed by atoms with E-state index < -0.39 is 53.6 Å². The first-order chi connectivity index (χ1) is 13.2. The zero-order valence-electron chi connectivity index (χ0n) is 15.0. The first kappa shape index (κ1) is 20.9. The first-order valence-corrected chi connectivity index (χ1v) is 8.16. The number of hydrogen-bond acceptors (Lipinski definition) is 4. The highest BCUT2D eigenvalue weighted by Gasteiger charge is 2.20. The van der Waals surface area contributed by atoms with Crippen LogP contribution in [0.25, 0.3) is 0 Å². The van der Waals surface area contributed by atoms with Crippen LogP contribution in [0.4, 0.5) is 18.9 Å². The van der Waals surface area contributed by atoms with Gasteiger partial charge in [0.1, 0.15) is 6.04 Å². The largest absolute Gasteiger partial charge is 0.454 e. The van der Waals surface area contributed by atoms with E-state index in [2.05, 4.69) is 5.32 Å². The zero-order valence-corrected chi connectivity index (χ0v) is 15.0. The molecule has 0 aliphatic heterocycles. The standard InChI is InChI=1S/C19H17F3N2O4/c1-10-4-3-5-12(8-10)18(26)23-11(2)19(27)28-9-15(25)24-14-7-6-13(20)16(21)17(14)22/h3-8,11H,9H2,1-2H3,(H,23,26)(H,24,25)/t11-/m0/s1. The average Bonchev–Trinajstić information content (AvgIpc) is 2.66. The van der Waals surface area contributed by atoms with Gasteiger partial charge < -0.3 is 15.4 Å². The Balaban J connectivity index is 1.86. The van der Waals surface area contributed by atoms with Crippen LogP contribution in [0.5, 0.6) is 0 Å². The Hall–Kier alpha value is -3.36. The number of nitrogens with one attached hydrogen (secondary N) is 2. The molecule has 0 aliphatic carbocycles. The second kappa shape index (κ2) is 9.03. The van der Waals surface area contributed by atoms with Crippen molar-refractivity contribution in [3.05, 3.63) is 65.0 Å². The summed E-state index contributed by atoms with van der Waals surface area (Å²) in [6.45, 7) is 2.37. The van der Waals surface area contributed by atoms with Crippen molar-refractivity contribution in [3.8, 4) is 0 Å². The first-order valence-electron chi connectivity index (χ1n) is 8.16. The zero-order chi connectivity index (χ0) is 20.8. The van der Waals surface area contributed by atoms with Gasteiger partial charge in [-0.2, -0.15) is 0 Å². The summed E-state index contributed by atoms with van der Waals surface area (Å²) in [5.74, 6) is -7.07. The summed E-state index contributed by atoms with van der Waals surface area (Å²) in [5.41, 5.74) is 0.621. The number of aryl methyl sites for hydroxylation is 1. The Morgan fingerprint density at radius 1 is 1.07 bits per heavy atom. The molecule has 0 saturated carbocycles. The number of rotatable bonds is 6. The van der Waals surface area contributed by atoms with Gasteiger partial charge in [-0.25, -0.2) is 18.0 Å². The Bertz CT molecular complexity index is 918. The summed E-state index contributed by atoms with van der Waals surface area (Å²) in [6, 6.07) is 7.13. The summed E-state index contributed by atoms with van der Waals surface area (Å²) in [5, 5.41) is 4.38. The van der Waals surface area contributed by atoms with Gasteiger partial charge in [-0.3, -0.25) is 9.59 Å². The minimum atomic E-state index is -1.73. The molecule has 0 aromatic heterocycles. The van der Waals surface area contributed by atoms with E-state index >= 15 is 0 Å². The molecular weight excluding hydrogens is 377 g/mol.